The molecule has 3 N–H and O–H groups in total. The van der Waals surface area contributed by atoms with Crippen LogP contribution >= 0.6 is 11.3 Å². The van der Waals surface area contributed by atoms with Gasteiger partial charge in [-0.3, -0.25) is 14.4 Å². The van der Waals surface area contributed by atoms with Crippen molar-refractivity contribution < 1.29 is 14.4 Å². The van der Waals surface area contributed by atoms with Gasteiger partial charge in [0.05, 0.1) is 5.56 Å². The summed E-state index contributed by atoms with van der Waals surface area (Å²) in [5.41, 5.74) is 7.61. The molecule has 1 aliphatic carbocycles. The highest BCUT2D eigenvalue weighted by atomic mass is 32.1. The molecule has 1 fully saturated rings. The first-order chi connectivity index (χ1) is 14.4. The van der Waals surface area contributed by atoms with Crippen molar-refractivity contribution in [1.29, 1.82) is 0 Å². The number of hydrogen-bond donors (Lipinski definition) is 2. The molecule has 0 unspecified atom stereocenters. The van der Waals surface area contributed by atoms with Crippen LogP contribution < -0.4 is 11.1 Å². The van der Waals surface area contributed by atoms with Crippen LogP contribution in [0.3, 0.4) is 0 Å². The molecule has 2 aromatic rings. The van der Waals surface area contributed by atoms with Gasteiger partial charge >= 0.3 is 0 Å². The average Bonchev–Trinajstić information content (AvgIpc) is 3.01. The summed E-state index contributed by atoms with van der Waals surface area (Å²) in [6.45, 7) is 4.03. The summed E-state index contributed by atoms with van der Waals surface area (Å²) in [6, 6.07) is 9.69. The van der Waals surface area contributed by atoms with Crippen LogP contribution in [0.15, 0.2) is 30.3 Å². The number of aryl methyl sites for hydroxylation is 1. The number of carbonyl (C=O) groups excluding carboxylic acids is 3. The average molecular weight is 428 g/mol. The number of benzene rings is 1. The molecule has 1 heterocycles. The summed E-state index contributed by atoms with van der Waals surface area (Å²) in [7, 11) is 0. The molecule has 6 nitrogen and oxygen atoms in total. The first-order valence-corrected chi connectivity index (χ1v) is 11.2. The Hall–Kier alpha value is -2.67. The minimum absolute atomic E-state index is 0.0253. The van der Waals surface area contributed by atoms with Crippen LogP contribution in [-0.4, -0.2) is 29.2 Å². The number of amides is 3. The SMILES string of the molecule is Cc1sc(NC(=O)CN(Cc2ccccc2)C(=O)C2CCCCC2)c(C(N)=O)c1C. The fourth-order valence-electron chi connectivity index (χ4n) is 3.97. The van der Waals surface area contributed by atoms with E-state index in [0.717, 1.165) is 48.1 Å². The third-order valence-electron chi connectivity index (χ3n) is 5.70. The van der Waals surface area contributed by atoms with E-state index in [4.69, 9.17) is 5.73 Å². The summed E-state index contributed by atoms with van der Waals surface area (Å²) in [5.74, 6) is -0.879. The Balaban J connectivity index is 1.76. The lowest BCUT2D eigenvalue weighted by Gasteiger charge is -2.29. The molecule has 1 aromatic carbocycles. The number of nitrogens with zero attached hydrogens (tertiary/aromatic N) is 1. The van der Waals surface area contributed by atoms with Crippen molar-refractivity contribution in [3.05, 3.63) is 51.9 Å². The third-order valence-corrected chi connectivity index (χ3v) is 6.82. The molecule has 1 saturated carbocycles. The topological polar surface area (TPSA) is 92.5 Å². The van der Waals surface area contributed by atoms with Gasteiger partial charge in [-0.15, -0.1) is 11.3 Å². The smallest absolute Gasteiger partial charge is 0.251 e. The lowest BCUT2D eigenvalue weighted by Crippen LogP contribution is -2.41. The van der Waals surface area contributed by atoms with Crippen molar-refractivity contribution in [3.63, 3.8) is 0 Å². The fraction of sp³-hybridized carbons (Fsp3) is 0.435. The first kappa shape index (κ1) is 22.0. The third kappa shape index (κ3) is 5.27. The highest BCUT2D eigenvalue weighted by molar-refractivity contribution is 7.16. The molecule has 0 saturated heterocycles. The lowest BCUT2D eigenvalue weighted by atomic mass is 9.88. The molecule has 7 heteroatoms. The molecule has 0 spiro atoms. The zero-order valence-electron chi connectivity index (χ0n) is 17.6. The Kier molecular flexibility index (Phi) is 7.26. The molecular weight excluding hydrogens is 398 g/mol. The molecule has 0 radical (unpaired) electrons. The lowest BCUT2D eigenvalue weighted by molar-refractivity contribution is -0.139. The minimum Gasteiger partial charge on any atom is -0.365 e. The Morgan fingerprint density at radius 3 is 2.40 bits per heavy atom. The van der Waals surface area contributed by atoms with E-state index in [0.29, 0.717) is 17.1 Å². The highest BCUT2D eigenvalue weighted by Crippen LogP contribution is 2.32. The molecule has 0 atom stereocenters. The number of hydrogen-bond acceptors (Lipinski definition) is 4. The van der Waals surface area contributed by atoms with E-state index in [2.05, 4.69) is 5.32 Å². The maximum absolute atomic E-state index is 13.2. The first-order valence-electron chi connectivity index (χ1n) is 10.4. The predicted molar refractivity (Wildman–Crippen MR) is 119 cm³/mol. The molecule has 1 aliphatic rings. The normalized spacial score (nSPS) is 14.3. The van der Waals surface area contributed by atoms with Gasteiger partial charge in [-0.1, -0.05) is 49.6 Å². The monoisotopic (exact) mass is 427 g/mol. The van der Waals surface area contributed by atoms with Gasteiger partial charge in [-0.25, -0.2) is 0 Å². The van der Waals surface area contributed by atoms with E-state index in [9.17, 15) is 14.4 Å². The number of nitrogens with one attached hydrogen (secondary N) is 1. The molecule has 0 bridgehead atoms. The Morgan fingerprint density at radius 1 is 1.10 bits per heavy atom. The van der Waals surface area contributed by atoms with Gasteiger partial charge in [0.25, 0.3) is 5.91 Å². The van der Waals surface area contributed by atoms with Gasteiger partial charge in [0, 0.05) is 17.3 Å². The van der Waals surface area contributed by atoms with E-state index in [-0.39, 0.29) is 24.3 Å². The van der Waals surface area contributed by atoms with Crippen LogP contribution in [0, 0.1) is 19.8 Å². The summed E-state index contributed by atoms with van der Waals surface area (Å²) in [4.78, 5) is 40.4. The number of thiophene rings is 1. The maximum atomic E-state index is 13.2. The van der Waals surface area contributed by atoms with Gasteiger partial charge in [0.1, 0.15) is 11.5 Å². The van der Waals surface area contributed by atoms with Crippen molar-refractivity contribution in [1.82, 2.24) is 4.90 Å². The zero-order valence-corrected chi connectivity index (χ0v) is 18.4. The number of nitrogens with two attached hydrogens (primary N) is 1. The summed E-state index contributed by atoms with van der Waals surface area (Å²) in [6.07, 6.45) is 5.02. The predicted octanol–water partition coefficient (Wildman–Crippen LogP) is 4.01. The number of carbonyl (C=O) groups is 3. The van der Waals surface area contributed by atoms with Gasteiger partial charge in [-0.05, 0) is 37.8 Å². The van der Waals surface area contributed by atoms with Gasteiger partial charge in [-0.2, -0.15) is 0 Å². The van der Waals surface area contributed by atoms with Crippen LogP contribution in [-0.2, 0) is 16.1 Å². The molecule has 30 heavy (non-hydrogen) atoms. The van der Waals surface area contributed by atoms with E-state index in [1.165, 1.54) is 11.3 Å². The van der Waals surface area contributed by atoms with Crippen molar-refractivity contribution in [2.75, 3.05) is 11.9 Å². The molecular formula is C23H29N3O3S. The van der Waals surface area contributed by atoms with Gasteiger partial charge < -0.3 is 16.0 Å². The highest BCUT2D eigenvalue weighted by Gasteiger charge is 2.28. The Bertz CT molecular complexity index is 917. The maximum Gasteiger partial charge on any atom is 0.251 e. The second-order valence-corrected chi connectivity index (χ2v) is 9.14. The Morgan fingerprint density at radius 2 is 1.77 bits per heavy atom. The number of anilines is 1. The van der Waals surface area contributed by atoms with Crippen LogP contribution in [0.2, 0.25) is 0 Å². The van der Waals surface area contributed by atoms with E-state index >= 15 is 0 Å². The van der Waals surface area contributed by atoms with Crippen LogP contribution in [0.4, 0.5) is 5.00 Å². The summed E-state index contributed by atoms with van der Waals surface area (Å²) < 4.78 is 0. The van der Waals surface area contributed by atoms with Crippen LogP contribution in [0.1, 0.15) is 58.5 Å². The quantitative estimate of drug-likeness (QED) is 0.699. The Labute approximate surface area is 181 Å². The van der Waals surface area contributed by atoms with E-state index in [1.807, 2.05) is 44.2 Å². The second-order valence-electron chi connectivity index (χ2n) is 7.91. The number of primary amides is 1. The second kappa shape index (κ2) is 9.89. The van der Waals surface area contributed by atoms with Crippen molar-refractivity contribution in [2.45, 2.75) is 52.5 Å². The number of rotatable bonds is 7. The standard InChI is InChI=1S/C23H29N3O3S/c1-15-16(2)30-22(20(15)21(24)28)25-19(27)14-26(13-17-9-5-3-6-10-17)23(29)18-11-7-4-8-12-18/h3,5-6,9-10,18H,4,7-8,11-14H2,1-2H3,(H2,24,28)(H,25,27). The van der Waals surface area contributed by atoms with Gasteiger partial charge in [0.2, 0.25) is 11.8 Å². The zero-order chi connectivity index (χ0) is 21.7. The molecule has 3 rings (SSSR count). The van der Waals surface area contributed by atoms with Crippen LogP contribution in [0.5, 0.6) is 0 Å². The molecule has 3 amide bonds. The van der Waals surface area contributed by atoms with E-state index < -0.39 is 5.91 Å². The van der Waals surface area contributed by atoms with Crippen molar-refractivity contribution >= 4 is 34.1 Å². The fourth-order valence-corrected chi connectivity index (χ4v) is 5.06. The molecule has 160 valence electrons. The summed E-state index contributed by atoms with van der Waals surface area (Å²) >= 11 is 1.33. The molecule has 0 aliphatic heterocycles. The van der Waals surface area contributed by atoms with Crippen molar-refractivity contribution in [3.8, 4) is 0 Å². The molecule has 1 aromatic heterocycles. The van der Waals surface area contributed by atoms with Crippen LogP contribution in [0.25, 0.3) is 0 Å². The largest absolute Gasteiger partial charge is 0.365 e. The van der Waals surface area contributed by atoms with Gasteiger partial charge in [0.15, 0.2) is 0 Å². The minimum atomic E-state index is -0.563. The summed E-state index contributed by atoms with van der Waals surface area (Å²) in [5, 5.41) is 3.26. The van der Waals surface area contributed by atoms with E-state index in [1.54, 1.807) is 4.90 Å². The van der Waals surface area contributed by atoms with Crippen molar-refractivity contribution in [2.24, 2.45) is 11.7 Å².